The molecular formula is C25H26N4O2S. The second kappa shape index (κ2) is 8.76. The molecule has 1 N–H and O–H groups in total. The number of hydrogen-bond donors (Lipinski definition) is 1. The number of anilines is 1. The summed E-state index contributed by atoms with van der Waals surface area (Å²) in [5.41, 5.74) is 2.43. The fraction of sp³-hybridized carbons (Fsp3) is 0.280. The zero-order valence-electron chi connectivity index (χ0n) is 18.2. The maximum atomic E-state index is 12.6. The van der Waals surface area contributed by atoms with Crippen molar-refractivity contribution in [2.45, 2.75) is 19.9 Å². The summed E-state index contributed by atoms with van der Waals surface area (Å²) in [6.07, 6.45) is 0. The molecule has 32 heavy (non-hydrogen) atoms. The largest absolute Gasteiger partial charge is 0.454 e. The van der Waals surface area contributed by atoms with Crippen LogP contribution in [0.3, 0.4) is 0 Å². The lowest BCUT2D eigenvalue weighted by Gasteiger charge is -2.38. The van der Waals surface area contributed by atoms with Crippen LogP contribution in [0.5, 0.6) is 11.5 Å². The van der Waals surface area contributed by atoms with Crippen molar-refractivity contribution >= 4 is 34.5 Å². The maximum absolute atomic E-state index is 12.6. The lowest BCUT2D eigenvalue weighted by Crippen LogP contribution is -2.50. The topological polar surface area (TPSA) is 57.2 Å². The summed E-state index contributed by atoms with van der Waals surface area (Å²) in [7, 11) is 0. The van der Waals surface area contributed by atoms with Gasteiger partial charge in [0.05, 0.1) is 10.4 Å². The quantitative estimate of drug-likeness (QED) is 0.600. The number of hydrogen-bond acceptors (Lipinski definition) is 6. The van der Waals surface area contributed by atoms with Gasteiger partial charge >= 0.3 is 0 Å². The van der Waals surface area contributed by atoms with Crippen LogP contribution in [-0.2, 0) is 0 Å². The van der Waals surface area contributed by atoms with E-state index in [1.54, 1.807) is 0 Å². The number of carbonyl (C=O) groups excluding carboxylic acids is 1. The van der Waals surface area contributed by atoms with E-state index in [1.165, 1.54) is 11.3 Å². The van der Waals surface area contributed by atoms with Gasteiger partial charge in [0.15, 0.2) is 5.75 Å². The number of amidine groups is 1. The number of thiophene rings is 1. The third kappa shape index (κ3) is 4.13. The van der Waals surface area contributed by atoms with Crippen molar-refractivity contribution in [3.8, 4) is 11.5 Å². The fourth-order valence-corrected chi connectivity index (χ4v) is 4.71. The van der Waals surface area contributed by atoms with Crippen molar-refractivity contribution in [1.82, 2.24) is 9.80 Å². The van der Waals surface area contributed by atoms with Gasteiger partial charge in [0.25, 0.3) is 5.91 Å². The molecule has 7 heteroatoms. The average Bonchev–Trinajstić information content (AvgIpc) is 3.29. The van der Waals surface area contributed by atoms with Crippen LogP contribution in [0, 0.1) is 0 Å². The lowest BCUT2D eigenvalue weighted by molar-refractivity contribution is 0.103. The molecule has 2 aliphatic heterocycles. The van der Waals surface area contributed by atoms with Crippen LogP contribution >= 0.6 is 11.3 Å². The molecule has 1 aromatic heterocycles. The van der Waals surface area contributed by atoms with E-state index in [4.69, 9.17) is 9.73 Å². The first-order valence-electron chi connectivity index (χ1n) is 10.9. The molecule has 0 aliphatic carbocycles. The van der Waals surface area contributed by atoms with Gasteiger partial charge in [-0.25, -0.2) is 4.99 Å². The molecule has 1 saturated heterocycles. The Morgan fingerprint density at radius 1 is 1.03 bits per heavy atom. The molecule has 1 fully saturated rings. The number of benzene rings is 2. The van der Waals surface area contributed by atoms with E-state index in [2.05, 4.69) is 29.0 Å². The molecule has 2 aromatic carbocycles. The number of nitrogens with zero attached hydrogens (tertiary/aromatic N) is 3. The molecule has 0 spiro atoms. The van der Waals surface area contributed by atoms with Crippen molar-refractivity contribution in [2.75, 3.05) is 31.5 Å². The molecule has 164 valence electrons. The third-order valence-corrected chi connectivity index (χ3v) is 6.75. The number of aliphatic imine (C=N–C) groups is 1. The van der Waals surface area contributed by atoms with Gasteiger partial charge in [-0.2, -0.15) is 0 Å². The first-order valence-corrected chi connectivity index (χ1v) is 11.8. The Balaban J connectivity index is 1.50. The van der Waals surface area contributed by atoms with Gasteiger partial charge in [-0.3, -0.25) is 9.69 Å². The van der Waals surface area contributed by atoms with Gasteiger partial charge in [-0.05, 0) is 55.6 Å². The smallest absolute Gasteiger partial charge is 0.265 e. The molecule has 0 saturated carbocycles. The number of rotatable bonds is 3. The molecule has 5 rings (SSSR count). The molecule has 3 heterocycles. The Morgan fingerprint density at radius 2 is 1.84 bits per heavy atom. The van der Waals surface area contributed by atoms with E-state index in [1.807, 2.05) is 60.0 Å². The standard InChI is InChI=1S/C25H26N4O2S/c1-17(2)28-11-13-29(14-12-28)24-19-16-18(26-25(30)23-8-5-15-32-23)9-10-21(19)31-22-7-4-3-6-20(22)27-24/h3-10,15-17H,11-14H2,1-2H3,(H,26,30). The van der Waals surface area contributed by atoms with Crippen molar-refractivity contribution in [3.05, 3.63) is 70.4 Å². The Bertz CT molecular complexity index is 1150. The van der Waals surface area contributed by atoms with Crippen LogP contribution in [0.4, 0.5) is 11.4 Å². The predicted octanol–water partition coefficient (Wildman–Crippen LogP) is 5.21. The van der Waals surface area contributed by atoms with E-state index in [-0.39, 0.29) is 5.91 Å². The minimum Gasteiger partial charge on any atom is -0.454 e. The van der Waals surface area contributed by atoms with Crippen LogP contribution in [0.15, 0.2) is 65.0 Å². The highest BCUT2D eigenvalue weighted by Gasteiger charge is 2.27. The van der Waals surface area contributed by atoms with Gasteiger partial charge in [-0.1, -0.05) is 18.2 Å². The average molecular weight is 447 g/mol. The fourth-order valence-electron chi connectivity index (χ4n) is 4.09. The second-order valence-electron chi connectivity index (χ2n) is 8.26. The number of fused-ring (bicyclic) bond motifs is 2. The van der Waals surface area contributed by atoms with Crippen molar-refractivity contribution in [3.63, 3.8) is 0 Å². The molecule has 0 unspecified atom stereocenters. The van der Waals surface area contributed by atoms with Gasteiger partial charge in [0.2, 0.25) is 0 Å². The highest BCUT2D eigenvalue weighted by atomic mass is 32.1. The summed E-state index contributed by atoms with van der Waals surface area (Å²) in [4.78, 5) is 23.1. The molecule has 6 nitrogen and oxygen atoms in total. The van der Waals surface area contributed by atoms with Gasteiger partial charge < -0.3 is 15.0 Å². The number of nitrogens with one attached hydrogen (secondary N) is 1. The van der Waals surface area contributed by atoms with Gasteiger partial charge in [-0.15, -0.1) is 11.3 Å². The summed E-state index contributed by atoms with van der Waals surface area (Å²) in [6, 6.07) is 17.9. The van der Waals surface area contributed by atoms with Crippen LogP contribution in [0.2, 0.25) is 0 Å². The zero-order chi connectivity index (χ0) is 22.1. The first-order chi connectivity index (χ1) is 15.6. The summed E-state index contributed by atoms with van der Waals surface area (Å²) in [5, 5.41) is 4.92. The Morgan fingerprint density at radius 3 is 2.59 bits per heavy atom. The SMILES string of the molecule is CC(C)N1CCN(C2=Nc3ccccc3Oc3ccc(NC(=O)c4cccs4)cc32)CC1. The highest BCUT2D eigenvalue weighted by molar-refractivity contribution is 7.12. The Kier molecular flexibility index (Phi) is 5.68. The molecule has 0 atom stereocenters. The van der Waals surface area contributed by atoms with Crippen LogP contribution in [-0.4, -0.2) is 53.8 Å². The van der Waals surface area contributed by atoms with Gasteiger partial charge in [0.1, 0.15) is 17.3 Å². The molecule has 0 bridgehead atoms. The summed E-state index contributed by atoms with van der Waals surface area (Å²) in [6.45, 7) is 8.24. The summed E-state index contributed by atoms with van der Waals surface area (Å²) < 4.78 is 6.25. The van der Waals surface area contributed by atoms with Gasteiger partial charge in [0, 0.05) is 37.9 Å². The molecule has 2 aliphatic rings. The third-order valence-electron chi connectivity index (χ3n) is 5.88. The van der Waals surface area contributed by atoms with Crippen molar-refractivity contribution in [2.24, 2.45) is 4.99 Å². The lowest BCUT2D eigenvalue weighted by atomic mass is 10.1. The summed E-state index contributed by atoms with van der Waals surface area (Å²) >= 11 is 1.43. The van der Waals surface area contributed by atoms with E-state index in [0.717, 1.165) is 60.5 Å². The number of piperazine rings is 1. The number of ether oxygens (including phenoxy) is 1. The number of para-hydroxylation sites is 2. The molecular weight excluding hydrogens is 420 g/mol. The predicted molar refractivity (Wildman–Crippen MR) is 130 cm³/mol. The minimum absolute atomic E-state index is 0.109. The second-order valence-corrected chi connectivity index (χ2v) is 9.21. The van der Waals surface area contributed by atoms with Crippen LogP contribution in [0.1, 0.15) is 29.1 Å². The van der Waals surface area contributed by atoms with Crippen LogP contribution < -0.4 is 10.1 Å². The maximum Gasteiger partial charge on any atom is 0.265 e. The van der Waals surface area contributed by atoms with E-state index in [0.29, 0.717) is 10.9 Å². The first kappa shape index (κ1) is 20.7. The monoisotopic (exact) mass is 446 g/mol. The Hall–Kier alpha value is -3.16. The van der Waals surface area contributed by atoms with Crippen LogP contribution in [0.25, 0.3) is 0 Å². The molecule has 0 radical (unpaired) electrons. The Labute approximate surface area is 192 Å². The number of carbonyl (C=O) groups is 1. The van der Waals surface area contributed by atoms with E-state index in [9.17, 15) is 4.79 Å². The molecule has 1 amide bonds. The minimum atomic E-state index is -0.109. The zero-order valence-corrected chi connectivity index (χ0v) is 19.1. The normalized spacial score (nSPS) is 16.0. The number of amides is 1. The van der Waals surface area contributed by atoms with Crippen molar-refractivity contribution < 1.29 is 9.53 Å². The van der Waals surface area contributed by atoms with E-state index >= 15 is 0 Å². The molecule has 3 aromatic rings. The summed E-state index contributed by atoms with van der Waals surface area (Å²) in [5.74, 6) is 2.26. The van der Waals surface area contributed by atoms with E-state index < -0.39 is 0 Å². The van der Waals surface area contributed by atoms with Crippen molar-refractivity contribution in [1.29, 1.82) is 0 Å². The highest BCUT2D eigenvalue weighted by Crippen LogP contribution is 2.39.